The lowest BCUT2D eigenvalue weighted by Gasteiger charge is -2.47. The standard InChI is InChI=1S/C80H83Cl3IN13O23S/c1-31(2)19-46(87-4)70(107)93-61-63(102)37-12-17-50(44(82)21-37)116-52-23-39-24-53(67(52)120-77-68(66(105)65(104)54(118-77)30-121-79-95-78(86)96-97-79)119-56-28-80(84,69(106)32(3)115-56)88-29-33-5-7-34(8-6-33)35-9-14-40(81)15-10-35)117-51-18-13-38(22-45(51)83)64(103)62-75(112)92-60(76(113)114)43-25-41(98)26-49(100)57(43)42-20-36(11-16-48(42)99)58(72(109)94-62)91-73(110)59(39)90-71(108)47(27-55(85)101)89-74(61)111/h5-18,20-26,31-32,46-47,54,56,58-66,68-69,77,87-88,98-100,102-106H,19,27-30H2,1-4H3,(H2,85,101)(H,89,111)(H,90,108)(H,91,110)(H,92,112)(H,93,107)(H,94,109)(H,113,114)(H3,86,95,96,97)/t32?,46-,47+,54?,56?,58-,59-,60+,61-,62+,63-,64-,65?,66?,68?,69?,77?,80?/m1/s1. The molecule has 7 amide bonds. The van der Waals surface area contributed by atoms with E-state index >= 15 is 24.0 Å². The number of carbonyl (C=O) groups excluding carboxylic acids is 7. The molecule has 2 saturated heterocycles. The van der Waals surface area contributed by atoms with E-state index in [2.05, 4.69) is 80.3 Å². The number of aromatic amines is 1. The number of hydrogen-bond acceptors (Lipinski definition) is 28. The molecule has 7 aromatic carbocycles. The summed E-state index contributed by atoms with van der Waals surface area (Å²) in [7, 11) is 1.48. The number of nitrogens with one attached hydrogen (secondary N) is 9. The average molecular weight is 1860 g/mol. The molecule has 7 aliphatic rings. The van der Waals surface area contributed by atoms with Crippen LogP contribution in [-0.2, 0) is 59.1 Å². The molecule has 22 N–H and O–H groups in total. The Morgan fingerprint density at radius 1 is 0.702 bits per heavy atom. The first-order valence-corrected chi connectivity index (χ1v) is 40.9. The molecule has 9 unspecified atom stereocenters. The number of fused-ring (bicyclic) bond motifs is 15. The maximum atomic E-state index is 16.3. The molecule has 0 spiro atoms. The number of nitrogen functional groups attached to an aromatic ring is 1. The summed E-state index contributed by atoms with van der Waals surface area (Å²) >= 11 is 23.6. The third kappa shape index (κ3) is 19.7. The van der Waals surface area contributed by atoms with E-state index in [1.165, 1.54) is 19.2 Å². The fourth-order valence-corrected chi connectivity index (χ4v) is 17.1. The van der Waals surface area contributed by atoms with Gasteiger partial charge in [0.25, 0.3) is 0 Å². The lowest BCUT2D eigenvalue weighted by atomic mass is 9.89. The van der Waals surface area contributed by atoms with Gasteiger partial charge in [-0.3, -0.25) is 44.0 Å². The molecule has 11 bridgehead atoms. The van der Waals surface area contributed by atoms with Gasteiger partial charge in [-0.15, -0.1) is 5.10 Å². The van der Waals surface area contributed by atoms with E-state index in [0.29, 0.717) is 5.02 Å². The molecule has 0 saturated carbocycles. The second-order valence-electron chi connectivity index (χ2n) is 29.8. The zero-order chi connectivity index (χ0) is 86.9. The molecule has 18 atom stereocenters. The number of H-pyrrole nitrogens is 1. The molecule has 15 rings (SSSR count). The van der Waals surface area contributed by atoms with Gasteiger partial charge in [0, 0.05) is 46.5 Å². The highest BCUT2D eigenvalue weighted by Crippen LogP contribution is 2.51. The van der Waals surface area contributed by atoms with E-state index in [4.69, 9.17) is 74.7 Å². The van der Waals surface area contributed by atoms with Crippen molar-refractivity contribution in [1.82, 2.24) is 57.7 Å². The van der Waals surface area contributed by atoms with Crippen LogP contribution in [0.3, 0.4) is 0 Å². The predicted molar refractivity (Wildman–Crippen MR) is 442 cm³/mol. The number of carboxylic acids is 1. The van der Waals surface area contributed by atoms with E-state index in [1.54, 1.807) is 19.1 Å². The summed E-state index contributed by atoms with van der Waals surface area (Å²) in [5, 5.41) is 135. The minimum absolute atomic E-state index is 0.111. The Morgan fingerprint density at radius 3 is 1.93 bits per heavy atom. The van der Waals surface area contributed by atoms with Gasteiger partial charge < -0.3 is 123 Å². The summed E-state index contributed by atoms with van der Waals surface area (Å²) < 4.78 is 39.2. The average Bonchev–Trinajstić information content (AvgIpc) is 0.830. The topological polar surface area (TPSA) is 564 Å². The summed E-state index contributed by atoms with van der Waals surface area (Å²) in [5.41, 5.74) is 11.5. The summed E-state index contributed by atoms with van der Waals surface area (Å²) in [6, 6.07) is 14.4. The van der Waals surface area contributed by atoms with Crippen LogP contribution in [0.4, 0.5) is 5.95 Å². The number of primary amides is 1. The molecule has 2 fully saturated rings. The number of amides is 7. The lowest BCUT2D eigenvalue weighted by Crippen LogP contribution is -2.64. The normalized spacial score (nSPS) is 26.5. The van der Waals surface area contributed by atoms with Gasteiger partial charge in [0.1, 0.15) is 93.0 Å². The Morgan fingerprint density at radius 2 is 1.32 bits per heavy atom. The number of thioether (sulfide) groups is 1. The fraction of sp³-hybridized carbons (Fsp3) is 0.350. The van der Waals surface area contributed by atoms with E-state index < -0.39 is 229 Å². The number of aromatic nitrogens is 3. The van der Waals surface area contributed by atoms with Crippen molar-refractivity contribution in [3.8, 4) is 68.2 Å². The van der Waals surface area contributed by atoms with E-state index in [9.17, 15) is 60.3 Å². The van der Waals surface area contributed by atoms with Gasteiger partial charge in [-0.1, -0.05) is 138 Å². The number of nitrogens with two attached hydrogens (primary N) is 2. The number of ether oxygens (including phenoxy) is 6. The van der Waals surface area contributed by atoms with E-state index in [-0.39, 0.29) is 69.6 Å². The number of anilines is 1. The molecule has 7 aliphatic heterocycles. The van der Waals surface area contributed by atoms with Gasteiger partial charge in [0.2, 0.25) is 59.3 Å². The predicted octanol–water partition coefficient (Wildman–Crippen LogP) is 5.13. The lowest BCUT2D eigenvalue weighted by molar-refractivity contribution is -0.326. The Hall–Kier alpha value is -10.4. The zero-order valence-corrected chi connectivity index (χ0v) is 69.5. The summed E-state index contributed by atoms with van der Waals surface area (Å²) in [6.45, 7) is 5.42. The molecule has 0 aliphatic carbocycles. The van der Waals surface area contributed by atoms with Crippen LogP contribution in [0.1, 0.15) is 104 Å². The molecule has 36 nitrogen and oxygen atoms in total. The van der Waals surface area contributed by atoms with Gasteiger partial charge in [-0.2, -0.15) is 4.98 Å². The number of nitrogens with zero attached hydrogens (tertiary/aromatic N) is 2. The Bertz CT molecular complexity index is 5300. The number of rotatable bonds is 19. The Balaban J connectivity index is 0.998. The number of likely N-dealkylation sites (N-methyl/N-ethyl adjacent to an activating group) is 1. The number of carbonyl (C=O) groups is 8. The minimum atomic E-state index is -2.37. The van der Waals surface area contributed by atoms with Gasteiger partial charge in [0.05, 0.1) is 34.7 Å². The number of benzene rings is 7. The van der Waals surface area contributed by atoms with Crippen molar-refractivity contribution in [1.29, 1.82) is 0 Å². The number of phenols is 3. The minimum Gasteiger partial charge on any atom is -0.508 e. The second kappa shape index (κ2) is 37.1. The quantitative estimate of drug-likeness (QED) is 0.0216. The van der Waals surface area contributed by atoms with Crippen molar-refractivity contribution in [3.05, 3.63) is 176 Å². The molecular weight excluding hydrogens is 1780 g/mol. The number of hydrogen-bond donors (Lipinski definition) is 20. The summed E-state index contributed by atoms with van der Waals surface area (Å²) in [4.78, 5) is 123. The largest absolute Gasteiger partial charge is 0.508 e. The van der Waals surface area contributed by atoms with E-state index in [1.807, 2.05) is 50.2 Å². The summed E-state index contributed by atoms with van der Waals surface area (Å²) in [6.07, 6.45) is -18.4. The van der Waals surface area contributed by atoms with Gasteiger partial charge in [0.15, 0.2) is 35.1 Å². The van der Waals surface area contributed by atoms with Crippen LogP contribution < -0.4 is 68.2 Å². The van der Waals surface area contributed by atoms with Crippen molar-refractivity contribution >= 4 is 122 Å². The molecular formula is C80H83Cl3IN13O23S. The number of carboxylic acid groups (broad SMARTS) is 1. The van der Waals surface area contributed by atoms with Crippen LogP contribution >= 0.6 is 69.2 Å². The Labute approximate surface area is 721 Å². The van der Waals surface area contributed by atoms with Crippen LogP contribution in [0.2, 0.25) is 15.1 Å². The van der Waals surface area contributed by atoms with Crippen molar-refractivity contribution in [2.24, 2.45) is 11.7 Å². The monoisotopic (exact) mass is 1860 g/mol. The van der Waals surface area contributed by atoms with Crippen molar-refractivity contribution < 1.29 is 113 Å². The number of aliphatic hydroxyl groups is 5. The Kier molecular flexibility index (Phi) is 27.1. The highest BCUT2D eigenvalue weighted by Gasteiger charge is 2.53. The van der Waals surface area contributed by atoms with Gasteiger partial charge in [-0.05, 0) is 132 Å². The van der Waals surface area contributed by atoms with E-state index in [0.717, 1.165) is 95.2 Å². The SMILES string of the molecule is CN[C@H](CC(C)C)C(=O)N[C@H]1C(=O)N[C@@H](CC(N)=O)C(=O)N[C@H]2C(=O)N[C@H]3C(=O)N[C@H](C(=O)N[C@H](C(=O)O)c4cc(O)cc(O)c4-c4cc3ccc4O)[C@H](O)c3ccc(c(Cl)c3)Oc3cc2cc(c3OC2OC(CSc3nc(N)n[nH]3)C(O)C(O)C2OC2CC(I)(NCc3ccc(-c4ccc(Cl)cc4)cc3)C(O)C(C)O2)Oc2ccc(cc2Cl)[C@H]1O. The van der Waals surface area contributed by atoms with Gasteiger partial charge in [-0.25, -0.2) is 4.79 Å². The smallest absolute Gasteiger partial charge is 0.330 e. The summed E-state index contributed by atoms with van der Waals surface area (Å²) in [5.74, 6) is -16.4. The number of aliphatic hydroxyl groups excluding tert-OH is 5. The molecule has 640 valence electrons. The van der Waals surface area contributed by atoms with Crippen LogP contribution in [0.5, 0.6) is 46.0 Å². The number of halogens is 4. The number of aromatic hydroxyl groups is 3. The van der Waals surface area contributed by atoms with Crippen LogP contribution in [-0.4, -0.2) is 198 Å². The molecule has 121 heavy (non-hydrogen) atoms. The molecule has 8 aromatic rings. The first kappa shape index (κ1) is 88.4. The molecule has 8 heterocycles. The first-order chi connectivity index (χ1) is 57.5. The first-order valence-electron chi connectivity index (χ1n) is 37.7. The maximum absolute atomic E-state index is 16.3. The molecule has 41 heteroatoms. The third-order valence-corrected chi connectivity index (χ3v) is 24.1. The van der Waals surface area contributed by atoms with Crippen LogP contribution in [0, 0.1) is 5.92 Å². The molecule has 0 radical (unpaired) electrons. The number of aliphatic carboxylic acids is 1. The number of phenolic OH excluding ortho intramolecular Hbond substituents is 3. The number of alkyl halides is 1. The van der Waals surface area contributed by atoms with Gasteiger partial charge >= 0.3 is 5.97 Å². The fourth-order valence-electron chi connectivity index (χ4n) is 14.6. The second-order valence-corrected chi connectivity index (χ2v) is 33.9. The van der Waals surface area contributed by atoms with Crippen molar-refractivity contribution in [3.63, 3.8) is 0 Å². The highest BCUT2D eigenvalue weighted by atomic mass is 127. The van der Waals surface area contributed by atoms with Crippen LogP contribution in [0.15, 0.2) is 133 Å². The third-order valence-electron chi connectivity index (χ3n) is 20.8. The van der Waals surface area contributed by atoms with Crippen molar-refractivity contribution in [2.45, 2.75) is 159 Å². The maximum Gasteiger partial charge on any atom is 0.330 e. The van der Waals surface area contributed by atoms with Crippen molar-refractivity contribution in [2.75, 3.05) is 18.5 Å². The van der Waals surface area contributed by atoms with Crippen LogP contribution in [0.25, 0.3) is 22.3 Å². The molecule has 1 aromatic heterocycles. The zero-order valence-electron chi connectivity index (χ0n) is 64.3. The highest BCUT2D eigenvalue weighted by molar-refractivity contribution is 14.1.